The second-order valence-electron chi connectivity index (χ2n) is 5.43. The summed E-state index contributed by atoms with van der Waals surface area (Å²) in [6, 6.07) is 3.75. The van der Waals surface area contributed by atoms with Gasteiger partial charge in [-0.2, -0.15) is 5.10 Å². The number of rotatable bonds is 0. The van der Waals surface area contributed by atoms with E-state index in [1.165, 1.54) is 4.90 Å². The van der Waals surface area contributed by atoms with Crippen LogP contribution in [0.15, 0.2) is 29.4 Å². The Morgan fingerprint density at radius 3 is 3.08 bits per heavy atom. The van der Waals surface area contributed by atoms with E-state index < -0.39 is 0 Å². The summed E-state index contributed by atoms with van der Waals surface area (Å²) in [7, 11) is 1.84. The van der Waals surface area contributed by atoms with Gasteiger partial charge in [0.15, 0.2) is 5.65 Å². The molecule has 1 aliphatic rings. The second-order valence-corrected chi connectivity index (χ2v) is 7.53. The van der Waals surface area contributed by atoms with Crippen molar-refractivity contribution in [3.63, 3.8) is 0 Å². The van der Waals surface area contributed by atoms with Gasteiger partial charge in [0.25, 0.3) is 0 Å². The molecule has 0 saturated carbocycles. The van der Waals surface area contributed by atoms with Gasteiger partial charge in [-0.3, -0.25) is 4.79 Å². The van der Waals surface area contributed by atoms with Gasteiger partial charge in [0.05, 0.1) is 11.1 Å². The number of thioether (sulfide) groups is 1. The van der Waals surface area contributed by atoms with Crippen molar-refractivity contribution < 1.29 is 4.79 Å². The molecule has 1 aliphatic heterocycles. The standard InChI is InChI=1S/C17H14N4OS2/c1-11-13(24-17-16(11)23-9-7-15(22)20(17)2)6-5-12-10-18-14-4-3-8-19-21(12)14/h3-4,8,10H,7,9H2,1-2H3. The van der Waals surface area contributed by atoms with E-state index in [9.17, 15) is 4.79 Å². The molecule has 0 N–H and O–H groups in total. The number of amides is 1. The van der Waals surface area contributed by atoms with Crippen molar-refractivity contribution in [1.82, 2.24) is 14.6 Å². The van der Waals surface area contributed by atoms with Crippen LogP contribution in [0.5, 0.6) is 0 Å². The normalized spacial score (nSPS) is 14.2. The molecule has 5 nitrogen and oxygen atoms in total. The predicted octanol–water partition coefficient (Wildman–Crippen LogP) is 2.96. The zero-order valence-electron chi connectivity index (χ0n) is 13.2. The maximum Gasteiger partial charge on any atom is 0.228 e. The zero-order chi connectivity index (χ0) is 16.7. The Balaban J connectivity index is 1.76. The van der Waals surface area contributed by atoms with Gasteiger partial charge in [-0.25, -0.2) is 9.50 Å². The molecule has 0 fully saturated rings. The van der Waals surface area contributed by atoms with Gasteiger partial charge in [-0.05, 0) is 36.5 Å². The maximum atomic E-state index is 12.1. The van der Waals surface area contributed by atoms with Crippen molar-refractivity contribution in [3.05, 3.63) is 40.7 Å². The minimum absolute atomic E-state index is 0.160. The van der Waals surface area contributed by atoms with Crippen LogP contribution in [-0.4, -0.2) is 33.3 Å². The van der Waals surface area contributed by atoms with Crippen molar-refractivity contribution in [1.29, 1.82) is 0 Å². The smallest absolute Gasteiger partial charge is 0.228 e. The largest absolute Gasteiger partial charge is 0.306 e. The van der Waals surface area contributed by atoms with E-state index in [0.717, 1.165) is 32.5 Å². The number of carbonyl (C=O) groups is 1. The van der Waals surface area contributed by atoms with Crippen LogP contribution in [0.25, 0.3) is 5.65 Å². The fourth-order valence-corrected chi connectivity index (χ4v) is 5.01. The molecule has 0 aromatic carbocycles. The number of hydrogen-bond acceptors (Lipinski definition) is 5. The molecule has 0 bridgehead atoms. The van der Waals surface area contributed by atoms with Crippen molar-refractivity contribution in [2.24, 2.45) is 0 Å². The Hall–Kier alpha value is -2.30. The van der Waals surface area contributed by atoms with Crippen LogP contribution in [0.4, 0.5) is 5.00 Å². The monoisotopic (exact) mass is 354 g/mol. The molecule has 24 heavy (non-hydrogen) atoms. The van der Waals surface area contributed by atoms with Crippen molar-refractivity contribution >= 4 is 39.7 Å². The average molecular weight is 354 g/mol. The highest BCUT2D eigenvalue weighted by atomic mass is 32.2. The number of thiophene rings is 1. The topological polar surface area (TPSA) is 50.5 Å². The SMILES string of the molecule is Cc1c(C#Cc2cnc3cccnn23)sc2c1SCCC(=O)N2C. The molecule has 4 rings (SSSR count). The highest BCUT2D eigenvalue weighted by Crippen LogP contribution is 2.43. The summed E-state index contributed by atoms with van der Waals surface area (Å²) >= 11 is 3.32. The third-order valence-electron chi connectivity index (χ3n) is 3.90. The van der Waals surface area contributed by atoms with Crippen molar-refractivity contribution in [2.75, 3.05) is 17.7 Å². The fourth-order valence-electron chi connectivity index (χ4n) is 2.55. The summed E-state index contributed by atoms with van der Waals surface area (Å²) in [4.78, 5) is 20.3. The third-order valence-corrected chi connectivity index (χ3v) is 6.51. The number of carbonyl (C=O) groups excluding carboxylic acids is 1. The Morgan fingerprint density at radius 1 is 1.33 bits per heavy atom. The quantitative estimate of drug-likeness (QED) is 0.583. The lowest BCUT2D eigenvalue weighted by molar-refractivity contribution is -0.117. The zero-order valence-corrected chi connectivity index (χ0v) is 14.9. The summed E-state index contributed by atoms with van der Waals surface area (Å²) in [6.07, 6.45) is 4.03. The highest BCUT2D eigenvalue weighted by molar-refractivity contribution is 7.99. The fraction of sp³-hybridized carbons (Fsp3) is 0.235. The summed E-state index contributed by atoms with van der Waals surface area (Å²) in [5.74, 6) is 7.38. The summed E-state index contributed by atoms with van der Waals surface area (Å²) in [6.45, 7) is 2.07. The Kier molecular flexibility index (Phi) is 3.79. The van der Waals surface area contributed by atoms with Crippen LogP contribution in [-0.2, 0) is 4.79 Å². The van der Waals surface area contributed by atoms with Crippen LogP contribution >= 0.6 is 23.1 Å². The molecular formula is C17H14N4OS2. The molecule has 0 unspecified atom stereocenters. The van der Waals surface area contributed by atoms with E-state index in [1.54, 1.807) is 44.9 Å². The van der Waals surface area contributed by atoms with Gasteiger partial charge >= 0.3 is 0 Å². The second kappa shape index (κ2) is 5.96. The lowest BCUT2D eigenvalue weighted by Gasteiger charge is -2.12. The highest BCUT2D eigenvalue weighted by Gasteiger charge is 2.24. The molecule has 4 heterocycles. The van der Waals surface area contributed by atoms with E-state index in [1.807, 2.05) is 19.2 Å². The number of imidazole rings is 1. The van der Waals surface area contributed by atoms with Crippen LogP contribution in [0.3, 0.4) is 0 Å². The first-order chi connectivity index (χ1) is 11.6. The lowest BCUT2D eigenvalue weighted by atomic mass is 10.2. The van der Waals surface area contributed by atoms with Crippen molar-refractivity contribution in [2.45, 2.75) is 18.2 Å². The van der Waals surface area contributed by atoms with Crippen LogP contribution in [0.1, 0.15) is 22.6 Å². The van der Waals surface area contributed by atoms with E-state index >= 15 is 0 Å². The molecule has 0 atom stereocenters. The molecule has 3 aromatic rings. The van der Waals surface area contributed by atoms with E-state index in [0.29, 0.717) is 6.42 Å². The molecule has 3 aromatic heterocycles. The first-order valence-corrected chi connectivity index (χ1v) is 9.29. The Morgan fingerprint density at radius 2 is 2.21 bits per heavy atom. The summed E-state index contributed by atoms with van der Waals surface area (Å²) in [5, 5.41) is 5.27. The van der Waals surface area contributed by atoms with Crippen LogP contribution in [0, 0.1) is 18.8 Å². The molecule has 7 heteroatoms. The van der Waals surface area contributed by atoms with Crippen LogP contribution < -0.4 is 4.90 Å². The molecule has 120 valence electrons. The molecule has 1 amide bonds. The first kappa shape index (κ1) is 15.2. The van der Waals surface area contributed by atoms with Gasteiger partial charge in [0.2, 0.25) is 5.91 Å². The van der Waals surface area contributed by atoms with E-state index in [4.69, 9.17) is 0 Å². The van der Waals surface area contributed by atoms with Crippen molar-refractivity contribution in [3.8, 4) is 11.8 Å². The Bertz CT molecular complexity index is 1010. The predicted molar refractivity (Wildman–Crippen MR) is 96.8 cm³/mol. The molecule has 0 spiro atoms. The Labute approximate surface area is 147 Å². The van der Waals surface area contributed by atoms with Gasteiger partial charge in [-0.15, -0.1) is 23.1 Å². The van der Waals surface area contributed by atoms with Gasteiger partial charge in [-0.1, -0.05) is 0 Å². The minimum Gasteiger partial charge on any atom is -0.306 e. The average Bonchev–Trinajstić information content (AvgIpc) is 3.10. The third kappa shape index (κ3) is 2.48. The van der Waals surface area contributed by atoms with Gasteiger partial charge in [0, 0.05) is 30.3 Å². The van der Waals surface area contributed by atoms with E-state index in [2.05, 4.69) is 28.8 Å². The number of anilines is 1. The lowest BCUT2D eigenvalue weighted by Crippen LogP contribution is -2.24. The minimum atomic E-state index is 0.160. The molecule has 0 aliphatic carbocycles. The number of hydrogen-bond donors (Lipinski definition) is 0. The molecule has 0 radical (unpaired) electrons. The molecular weight excluding hydrogens is 340 g/mol. The first-order valence-electron chi connectivity index (χ1n) is 7.48. The van der Waals surface area contributed by atoms with E-state index in [-0.39, 0.29) is 5.91 Å². The van der Waals surface area contributed by atoms with Gasteiger partial charge in [0.1, 0.15) is 10.7 Å². The van der Waals surface area contributed by atoms with Gasteiger partial charge < -0.3 is 4.90 Å². The molecule has 0 saturated heterocycles. The maximum absolute atomic E-state index is 12.1. The summed E-state index contributed by atoms with van der Waals surface area (Å²) in [5.41, 5.74) is 2.68. The number of aromatic nitrogens is 3. The van der Waals surface area contributed by atoms with Crippen LogP contribution in [0.2, 0.25) is 0 Å². The summed E-state index contributed by atoms with van der Waals surface area (Å²) < 4.78 is 1.73. The number of nitrogens with zero attached hydrogens (tertiary/aromatic N) is 4. The number of fused-ring (bicyclic) bond motifs is 2.